The van der Waals surface area contributed by atoms with Gasteiger partial charge in [0, 0.05) is 24.2 Å². The third-order valence-corrected chi connectivity index (χ3v) is 6.43. The molecule has 7 nitrogen and oxygen atoms in total. The van der Waals surface area contributed by atoms with E-state index in [1.807, 2.05) is 30.3 Å². The second-order valence-electron chi connectivity index (χ2n) is 8.32. The predicted octanol–water partition coefficient (Wildman–Crippen LogP) is 4.07. The number of benzene rings is 3. The zero-order valence-corrected chi connectivity index (χ0v) is 19.6. The first-order chi connectivity index (χ1) is 16.1. The van der Waals surface area contributed by atoms with Crippen LogP contribution in [0.3, 0.4) is 0 Å². The minimum absolute atomic E-state index is 0.0978. The molecule has 3 aromatic rings. The lowest BCUT2D eigenvalue weighted by Gasteiger charge is -2.24. The number of likely N-dealkylation sites (N-methyl/N-ethyl adjacent to an activating group) is 1. The molecule has 0 unspecified atom stereocenters. The predicted molar refractivity (Wildman–Crippen MR) is 126 cm³/mol. The standard InChI is InChI=1S/C25H23ClFN3O4/c1-25(17-9-7-16-12-18(34-3)10-8-15(16)11-17)23(32)30(24(33)28-25)14-22(31)29(2)13-19-20(26)5-4-6-21(19)27/h4-12H,13-14H2,1-3H3,(H,28,33)/t25-/m1/s1. The molecule has 0 bridgehead atoms. The van der Waals surface area contributed by atoms with E-state index in [0.29, 0.717) is 11.3 Å². The Kier molecular flexibility index (Phi) is 6.18. The molecule has 1 aliphatic heterocycles. The van der Waals surface area contributed by atoms with Crippen molar-refractivity contribution in [1.82, 2.24) is 15.1 Å². The monoisotopic (exact) mass is 483 g/mol. The van der Waals surface area contributed by atoms with Gasteiger partial charge in [0.05, 0.1) is 7.11 Å². The molecule has 9 heteroatoms. The summed E-state index contributed by atoms with van der Waals surface area (Å²) in [6, 6.07) is 14.6. The van der Waals surface area contributed by atoms with Crippen molar-refractivity contribution in [3.8, 4) is 5.75 Å². The number of imide groups is 1. The quantitative estimate of drug-likeness (QED) is 0.536. The van der Waals surface area contributed by atoms with Crippen molar-refractivity contribution >= 4 is 40.2 Å². The van der Waals surface area contributed by atoms with Crippen LogP contribution in [-0.4, -0.2) is 48.3 Å². The molecule has 176 valence electrons. The van der Waals surface area contributed by atoms with E-state index >= 15 is 0 Å². The maximum atomic E-state index is 14.1. The number of hydrogen-bond acceptors (Lipinski definition) is 4. The summed E-state index contributed by atoms with van der Waals surface area (Å²) in [6.07, 6.45) is 0. The van der Waals surface area contributed by atoms with Crippen molar-refractivity contribution in [1.29, 1.82) is 0 Å². The van der Waals surface area contributed by atoms with Gasteiger partial charge in [-0.3, -0.25) is 14.5 Å². The fourth-order valence-corrected chi connectivity index (χ4v) is 4.19. The summed E-state index contributed by atoms with van der Waals surface area (Å²) < 4.78 is 19.3. The number of hydrogen-bond donors (Lipinski definition) is 1. The minimum atomic E-state index is -1.33. The van der Waals surface area contributed by atoms with Crippen LogP contribution in [0.4, 0.5) is 9.18 Å². The average molecular weight is 484 g/mol. The van der Waals surface area contributed by atoms with E-state index in [4.69, 9.17) is 16.3 Å². The smallest absolute Gasteiger partial charge is 0.325 e. The molecule has 1 fully saturated rings. The second-order valence-corrected chi connectivity index (χ2v) is 8.73. The van der Waals surface area contributed by atoms with E-state index in [1.165, 1.54) is 30.1 Å². The maximum Gasteiger partial charge on any atom is 0.325 e. The van der Waals surface area contributed by atoms with Crippen molar-refractivity contribution in [3.63, 3.8) is 0 Å². The van der Waals surface area contributed by atoms with Crippen LogP contribution in [-0.2, 0) is 21.7 Å². The molecule has 34 heavy (non-hydrogen) atoms. The first-order valence-electron chi connectivity index (χ1n) is 10.5. The molecule has 0 radical (unpaired) electrons. The number of fused-ring (bicyclic) bond motifs is 1. The summed E-state index contributed by atoms with van der Waals surface area (Å²) in [7, 11) is 3.04. The van der Waals surface area contributed by atoms with Crippen LogP contribution in [0.25, 0.3) is 10.8 Å². The fourth-order valence-electron chi connectivity index (χ4n) is 3.96. The molecule has 1 aliphatic rings. The van der Waals surface area contributed by atoms with Crippen LogP contribution in [0.15, 0.2) is 54.6 Å². The molecule has 1 saturated heterocycles. The van der Waals surface area contributed by atoms with Crippen LogP contribution in [0.1, 0.15) is 18.1 Å². The number of carbonyl (C=O) groups excluding carboxylic acids is 3. The summed E-state index contributed by atoms with van der Waals surface area (Å²) in [4.78, 5) is 40.8. The Morgan fingerprint density at radius 1 is 1.15 bits per heavy atom. The number of nitrogens with zero attached hydrogens (tertiary/aromatic N) is 2. The molecular formula is C25H23ClFN3O4. The Balaban J connectivity index is 1.53. The topological polar surface area (TPSA) is 79.0 Å². The van der Waals surface area contributed by atoms with Crippen molar-refractivity contribution < 1.29 is 23.5 Å². The third kappa shape index (κ3) is 4.17. The highest BCUT2D eigenvalue weighted by molar-refractivity contribution is 6.31. The Bertz CT molecular complexity index is 1290. The largest absolute Gasteiger partial charge is 0.497 e. The molecule has 3 aromatic carbocycles. The number of rotatable bonds is 6. The lowest BCUT2D eigenvalue weighted by molar-refractivity contribution is -0.138. The highest BCUT2D eigenvalue weighted by atomic mass is 35.5. The summed E-state index contributed by atoms with van der Waals surface area (Å²) in [5.74, 6) is -0.903. The van der Waals surface area contributed by atoms with Gasteiger partial charge in [-0.15, -0.1) is 0 Å². The molecule has 0 saturated carbocycles. The highest BCUT2D eigenvalue weighted by Crippen LogP contribution is 2.32. The van der Waals surface area contributed by atoms with Gasteiger partial charge in [0.1, 0.15) is 23.7 Å². The van der Waals surface area contributed by atoms with Gasteiger partial charge >= 0.3 is 6.03 Å². The first-order valence-corrected chi connectivity index (χ1v) is 10.9. The number of ether oxygens (including phenoxy) is 1. The van der Waals surface area contributed by atoms with Crippen molar-refractivity contribution in [2.45, 2.75) is 19.0 Å². The van der Waals surface area contributed by atoms with E-state index in [9.17, 15) is 18.8 Å². The number of nitrogens with one attached hydrogen (secondary N) is 1. The van der Waals surface area contributed by atoms with Crippen LogP contribution < -0.4 is 10.1 Å². The zero-order valence-electron chi connectivity index (χ0n) is 18.9. The molecule has 0 aliphatic carbocycles. The van der Waals surface area contributed by atoms with Crippen LogP contribution >= 0.6 is 11.6 Å². The van der Waals surface area contributed by atoms with Gasteiger partial charge in [-0.2, -0.15) is 0 Å². The van der Waals surface area contributed by atoms with Crippen LogP contribution in [0.2, 0.25) is 5.02 Å². The van der Waals surface area contributed by atoms with Gasteiger partial charge in [-0.05, 0) is 53.6 Å². The van der Waals surface area contributed by atoms with Crippen LogP contribution in [0, 0.1) is 5.82 Å². The molecular weight excluding hydrogens is 461 g/mol. The van der Waals surface area contributed by atoms with E-state index in [0.717, 1.165) is 15.7 Å². The fraction of sp³-hybridized carbons (Fsp3) is 0.240. The second kappa shape index (κ2) is 8.95. The van der Waals surface area contributed by atoms with Crippen molar-refractivity contribution in [3.05, 3.63) is 76.6 Å². The maximum absolute atomic E-state index is 14.1. The molecule has 0 spiro atoms. The van der Waals surface area contributed by atoms with E-state index in [-0.39, 0.29) is 17.1 Å². The summed E-state index contributed by atoms with van der Waals surface area (Å²) in [5, 5.41) is 4.69. The summed E-state index contributed by atoms with van der Waals surface area (Å²) >= 11 is 6.04. The average Bonchev–Trinajstić information content (AvgIpc) is 3.04. The Morgan fingerprint density at radius 3 is 2.56 bits per heavy atom. The number of urea groups is 1. The molecule has 4 rings (SSSR count). The van der Waals surface area contributed by atoms with Crippen LogP contribution in [0.5, 0.6) is 5.75 Å². The number of amides is 4. The Morgan fingerprint density at radius 2 is 1.85 bits per heavy atom. The number of carbonyl (C=O) groups is 3. The van der Waals surface area contributed by atoms with Gasteiger partial charge in [-0.25, -0.2) is 9.18 Å². The Hall–Kier alpha value is -3.65. The van der Waals surface area contributed by atoms with Crippen molar-refractivity contribution in [2.24, 2.45) is 0 Å². The molecule has 1 N–H and O–H groups in total. The van der Waals surface area contributed by atoms with Gasteiger partial charge in [0.2, 0.25) is 5.91 Å². The SMILES string of the molecule is COc1ccc2cc([C@@]3(C)NC(=O)N(CC(=O)N(C)Cc4c(F)cccc4Cl)C3=O)ccc2c1. The summed E-state index contributed by atoms with van der Waals surface area (Å²) in [5.41, 5.74) is -0.585. The van der Waals surface area contributed by atoms with E-state index in [2.05, 4.69) is 5.32 Å². The van der Waals surface area contributed by atoms with Gasteiger partial charge < -0.3 is 15.0 Å². The number of methoxy groups -OCH3 is 1. The third-order valence-electron chi connectivity index (χ3n) is 6.08. The van der Waals surface area contributed by atoms with E-state index in [1.54, 1.807) is 20.1 Å². The molecule has 1 heterocycles. The van der Waals surface area contributed by atoms with Gasteiger partial charge in [0.25, 0.3) is 5.91 Å². The zero-order chi connectivity index (χ0) is 24.6. The summed E-state index contributed by atoms with van der Waals surface area (Å²) in [6.45, 7) is 1.03. The van der Waals surface area contributed by atoms with E-state index < -0.39 is 35.7 Å². The molecule has 4 amide bonds. The van der Waals surface area contributed by atoms with Gasteiger partial charge in [-0.1, -0.05) is 35.9 Å². The highest BCUT2D eigenvalue weighted by Gasteiger charge is 2.49. The number of halogens is 2. The molecule has 1 atom stereocenters. The lowest BCUT2D eigenvalue weighted by atomic mass is 9.90. The Labute approximate surface area is 201 Å². The van der Waals surface area contributed by atoms with Crippen molar-refractivity contribution in [2.75, 3.05) is 20.7 Å². The lowest BCUT2D eigenvalue weighted by Crippen LogP contribution is -2.43. The molecule has 0 aromatic heterocycles. The van der Waals surface area contributed by atoms with Gasteiger partial charge in [0.15, 0.2) is 0 Å². The normalized spacial score (nSPS) is 17.7. The minimum Gasteiger partial charge on any atom is -0.497 e. The first kappa shape index (κ1) is 23.5.